The van der Waals surface area contributed by atoms with Crippen molar-refractivity contribution in [2.24, 2.45) is 0 Å². The summed E-state index contributed by atoms with van der Waals surface area (Å²) < 4.78 is 13.7. The molecule has 2 N–H and O–H groups in total. The van der Waals surface area contributed by atoms with E-state index >= 15 is 0 Å². The van der Waals surface area contributed by atoms with Crippen molar-refractivity contribution in [2.45, 2.75) is 0 Å². The second-order valence-corrected chi connectivity index (χ2v) is 5.43. The van der Waals surface area contributed by atoms with Gasteiger partial charge < -0.3 is 10.4 Å². The second kappa shape index (κ2) is 6.24. The summed E-state index contributed by atoms with van der Waals surface area (Å²) >= 11 is 8.90. The van der Waals surface area contributed by atoms with Crippen LogP contribution in [0.5, 0.6) is 0 Å². The van der Waals surface area contributed by atoms with E-state index in [0.717, 1.165) is 6.07 Å². The maximum Gasteiger partial charge on any atom is 0.337 e. The lowest BCUT2D eigenvalue weighted by Crippen LogP contribution is -2.12. The maximum absolute atomic E-state index is 13.2. The fraction of sp³-hybridized carbons (Fsp3) is 0. The Morgan fingerprint density at radius 2 is 1.90 bits per heavy atom. The normalized spacial score (nSPS) is 10.2. The van der Waals surface area contributed by atoms with Gasteiger partial charge in [-0.2, -0.15) is 0 Å². The van der Waals surface area contributed by atoms with E-state index in [9.17, 15) is 14.0 Å². The van der Waals surface area contributed by atoms with Gasteiger partial charge >= 0.3 is 5.97 Å². The largest absolute Gasteiger partial charge is 0.478 e. The predicted octanol–water partition coefficient (Wildman–Crippen LogP) is 4.19. The Kier molecular flexibility index (Phi) is 4.59. The molecule has 0 aromatic heterocycles. The first-order chi connectivity index (χ1) is 9.86. The molecule has 0 unspecified atom stereocenters. The Morgan fingerprint density at radius 1 is 1.19 bits per heavy atom. The van der Waals surface area contributed by atoms with Crippen LogP contribution in [0.4, 0.5) is 10.1 Å². The molecule has 4 nitrogen and oxygen atoms in total. The molecule has 0 atom stereocenters. The fourth-order valence-electron chi connectivity index (χ4n) is 1.65. The molecule has 0 heterocycles. The molecule has 0 spiro atoms. The van der Waals surface area contributed by atoms with Gasteiger partial charge in [0, 0.05) is 15.7 Å². The minimum absolute atomic E-state index is 0.000669. The second-order valence-electron chi connectivity index (χ2n) is 4.11. The molecule has 0 bridgehead atoms. The Balaban J connectivity index is 2.23. The Labute approximate surface area is 132 Å². The lowest BCUT2D eigenvalue weighted by molar-refractivity contribution is 0.0697. The number of rotatable bonds is 3. The van der Waals surface area contributed by atoms with Crippen molar-refractivity contribution in [2.75, 3.05) is 5.32 Å². The van der Waals surface area contributed by atoms with E-state index in [1.807, 2.05) is 0 Å². The van der Waals surface area contributed by atoms with Crippen LogP contribution in [-0.4, -0.2) is 17.0 Å². The molecule has 21 heavy (non-hydrogen) atoms. The van der Waals surface area contributed by atoms with Crippen LogP contribution in [0.3, 0.4) is 0 Å². The van der Waals surface area contributed by atoms with Crippen molar-refractivity contribution in [3.05, 3.63) is 62.8 Å². The van der Waals surface area contributed by atoms with Crippen LogP contribution in [0.15, 0.2) is 40.9 Å². The molecule has 2 aromatic carbocycles. The first kappa shape index (κ1) is 15.5. The molecule has 0 aliphatic rings. The first-order valence-electron chi connectivity index (χ1n) is 5.67. The van der Waals surface area contributed by atoms with Gasteiger partial charge in [0.05, 0.1) is 10.6 Å². The summed E-state index contributed by atoms with van der Waals surface area (Å²) in [6.45, 7) is 0. The molecule has 0 radical (unpaired) electrons. The van der Waals surface area contributed by atoms with Crippen molar-refractivity contribution >= 4 is 45.1 Å². The lowest BCUT2D eigenvalue weighted by atomic mass is 10.1. The van der Waals surface area contributed by atoms with Crippen LogP contribution < -0.4 is 5.32 Å². The SMILES string of the molecule is O=C(Nc1ccc(C(=O)O)c(Cl)c1)c1cc(F)cc(Br)c1. The van der Waals surface area contributed by atoms with E-state index in [2.05, 4.69) is 21.2 Å². The third-order valence-corrected chi connectivity index (χ3v) is 3.35. The monoisotopic (exact) mass is 371 g/mol. The summed E-state index contributed by atoms with van der Waals surface area (Å²) in [5.74, 6) is -2.24. The number of benzene rings is 2. The summed E-state index contributed by atoms with van der Waals surface area (Å²) in [6, 6.07) is 7.79. The molecule has 2 aromatic rings. The number of amides is 1. The van der Waals surface area contributed by atoms with Gasteiger partial charge in [0.1, 0.15) is 5.82 Å². The summed E-state index contributed by atoms with van der Waals surface area (Å²) in [7, 11) is 0. The van der Waals surface area contributed by atoms with Gasteiger partial charge in [-0.25, -0.2) is 9.18 Å². The minimum atomic E-state index is -1.16. The number of carboxylic acid groups (broad SMARTS) is 1. The van der Waals surface area contributed by atoms with Crippen molar-refractivity contribution in [3.8, 4) is 0 Å². The van der Waals surface area contributed by atoms with E-state index < -0.39 is 17.7 Å². The number of halogens is 3. The average Bonchev–Trinajstić information content (AvgIpc) is 2.37. The van der Waals surface area contributed by atoms with Crippen molar-refractivity contribution in [3.63, 3.8) is 0 Å². The lowest BCUT2D eigenvalue weighted by Gasteiger charge is -2.07. The van der Waals surface area contributed by atoms with Crippen LogP contribution in [-0.2, 0) is 0 Å². The molecule has 108 valence electrons. The molecule has 2 rings (SSSR count). The highest BCUT2D eigenvalue weighted by atomic mass is 79.9. The number of aromatic carboxylic acids is 1. The molecule has 0 fully saturated rings. The Bertz CT molecular complexity index is 716. The molecule has 1 amide bonds. The molecule has 0 saturated heterocycles. The molecule has 0 saturated carbocycles. The highest BCUT2D eigenvalue weighted by Crippen LogP contribution is 2.22. The van der Waals surface area contributed by atoms with Gasteiger partial charge in [-0.15, -0.1) is 0 Å². The summed E-state index contributed by atoms with van der Waals surface area (Å²) in [5, 5.41) is 11.4. The van der Waals surface area contributed by atoms with Gasteiger partial charge in [0.25, 0.3) is 5.91 Å². The highest BCUT2D eigenvalue weighted by molar-refractivity contribution is 9.10. The maximum atomic E-state index is 13.2. The number of nitrogens with one attached hydrogen (secondary N) is 1. The molecular weight excluding hydrogens is 365 g/mol. The van der Waals surface area contributed by atoms with Crippen LogP contribution >= 0.6 is 27.5 Å². The topological polar surface area (TPSA) is 66.4 Å². The van der Waals surface area contributed by atoms with E-state index in [0.29, 0.717) is 10.2 Å². The van der Waals surface area contributed by atoms with Crippen LogP contribution in [0.25, 0.3) is 0 Å². The van der Waals surface area contributed by atoms with E-state index in [1.165, 1.54) is 30.3 Å². The van der Waals surface area contributed by atoms with Gasteiger partial charge in [0.15, 0.2) is 0 Å². The van der Waals surface area contributed by atoms with E-state index in [1.54, 1.807) is 0 Å². The van der Waals surface area contributed by atoms with Crippen molar-refractivity contribution in [1.29, 1.82) is 0 Å². The standard InChI is InChI=1S/C14H8BrClFNO3/c15-8-3-7(4-9(17)5-8)13(19)18-10-1-2-11(14(20)21)12(16)6-10/h1-6H,(H,18,19)(H,20,21). The van der Waals surface area contributed by atoms with Crippen molar-refractivity contribution < 1.29 is 19.1 Å². The van der Waals surface area contributed by atoms with Gasteiger partial charge in [-0.1, -0.05) is 27.5 Å². The smallest absolute Gasteiger partial charge is 0.337 e. The van der Waals surface area contributed by atoms with Crippen LogP contribution in [0, 0.1) is 5.82 Å². The molecule has 0 aliphatic carbocycles. The van der Waals surface area contributed by atoms with Gasteiger partial charge in [0.2, 0.25) is 0 Å². The van der Waals surface area contributed by atoms with Crippen molar-refractivity contribution in [1.82, 2.24) is 0 Å². The predicted molar refractivity (Wildman–Crippen MR) is 80.5 cm³/mol. The first-order valence-corrected chi connectivity index (χ1v) is 6.84. The number of carbonyl (C=O) groups excluding carboxylic acids is 1. The summed E-state index contributed by atoms with van der Waals surface area (Å²) in [4.78, 5) is 22.8. The zero-order valence-corrected chi connectivity index (χ0v) is 12.7. The molecule has 7 heteroatoms. The number of hydrogen-bond acceptors (Lipinski definition) is 2. The highest BCUT2D eigenvalue weighted by Gasteiger charge is 2.12. The zero-order valence-electron chi connectivity index (χ0n) is 10.4. The summed E-state index contributed by atoms with van der Waals surface area (Å²) in [6.07, 6.45) is 0. The average molecular weight is 373 g/mol. The number of carbonyl (C=O) groups is 2. The third-order valence-electron chi connectivity index (χ3n) is 2.58. The number of anilines is 1. The van der Waals surface area contributed by atoms with E-state index in [4.69, 9.17) is 16.7 Å². The Morgan fingerprint density at radius 3 is 2.48 bits per heavy atom. The van der Waals surface area contributed by atoms with Crippen LogP contribution in [0.2, 0.25) is 5.02 Å². The number of carboxylic acids is 1. The quantitative estimate of drug-likeness (QED) is 0.849. The van der Waals surface area contributed by atoms with Gasteiger partial charge in [-0.05, 0) is 36.4 Å². The van der Waals surface area contributed by atoms with Gasteiger partial charge in [-0.3, -0.25) is 4.79 Å². The number of hydrogen-bond donors (Lipinski definition) is 2. The Hall–Kier alpha value is -1.92. The third kappa shape index (κ3) is 3.80. The molecule has 0 aliphatic heterocycles. The minimum Gasteiger partial charge on any atom is -0.478 e. The van der Waals surface area contributed by atoms with E-state index in [-0.39, 0.29) is 16.1 Å². The molecular formula is C14H8BrClFNO3. The zero-order chi connectivity index (χ0) is 15.6. The van der Waals surface area contributed by atoms with Crippen LogP contribution in [0.1, 0.15) is 20.7 Å². The fourth-order valence-corrected chi connectivity index (χ4v) is 2.38. The summed E-state index contributed by atoms with van der Waals surface area (Å²) in [5.41, 5.74) is 0.374.